The highest BCUT2D eigenvalue weighted by Crippen LogP contribution is 2.19. The van der Waals surface area contributed by atoms with E-state index in [9.17, 15) is 4.39 Å². The number of benzene rings is 3. The van der Waals surface area contributed by atoms with Crippen molar-refractivity contribution < 1.29 is 9.13 Å². The molecule has 0 saturated carbocycles. The van der Waals surface area contributed by atoms with E-state index in [2.05, 4.69) is 45.2 Å². The van der Waals surface area contributed by atoms with Crippen LogP contribution in [0.4, 0.5) is 4.39 Å². The molecule has 1 aromatic heterocycles. The number of aromatic nitrogens is 2. The zero-order chi connectivity index (χ0) is 18.6. The maximum Gasteiger partial charge on any atom is 0.165 e. The molecule has 0 unspecified atom stereocenters. The van der Waals surface area contributed by atoms with Gasteiger partial charge < -0.3 is 10.1 Å². The number of imidazole rings is 1. The van der Waals surface area contributed by atoms with Crippen molar-refractivity contribution in [3.05, 3.63) is 90.0 Å². The Morgan fingerprint density at radius 1 is 0.963 bits per heavy atom. The number of fused-ring (bicyclic) bond motifs is 1. The summed E-state index contributed by atoms with van der Waals surface area (Å²) in [5.74, 6) is -0.0740. The molecule has 3 aromatic carbocycles. The fraction of sp³-hybridized carbons (Fsp3) is 0.136. The Morgan fingerprint density at radius 2 is 1.70 bits per heavy atom. The van der Waals surface area contributed by atoms with Crippen LogP contribution in [0, 0.1) is 5.82 Å². The van der Waals surface area contributed by atoms with Gasteiger partial charge in [-0.2, -0.15) is 0 Å². The predicted octanol–water partition coefficient (Wildman–Crippen LogP) is 4.46. The Kier molecular flexibility index (Phi) is 4.85. The molecule has 0 spiro atoms. The molecule has 0 bridgehead atoms. The Bertz CT molecular complexity index is 1060. The third-order valence-electron chi connectivity index (χ3n) is 4.54. The minimum atomic E-state index is -0.339. The first-order valence-corrected chi connectivity index (χ1v) is 8.79. The summed E-state index contributed by atoms with van der Waals surface area (Å²) < 4.78 is 20.7. The van der Waals surface area contributed by atoms with Crippen LogP contribution in [0.5, 0.6) is 5.75 Å². The van der Waals surface area contributed by atoms with Crippen molar-refractivity contribution in [2.24, 2.45) is 0 Å². The van der Waals surface area contributed by atoms with Crippen LogP contribution in [0.15, 0.2) is 73.1 Å². The summed E-state index contributed by atoms with van der Waals surface area (Å²) in [6.07, 6.45) is 1.84. The molecule has 0 radical (unpaired) electrons. The lowest BCUT2D eigenvalue weighted by atomic mass is 10.1. The molecule has 0 aliphatic carbocycles. The van der Waals surface area contributed by atoms with E-state index in [4.69, 9.17) is 4.74 Å². The number of methoxy groups -OCH3 is 1. The van der Waals surface area contributed by atoms with Gasteiger partial charge in [-0.1, -0.05) is 30.3 Å². The van der Waals surface area contributed by atoms with Gasteiger partial charge in [-0.15, -0.1) is 0 Å². The second kappa shape index (κ2) is 7.60. The highest BCUT2D eigenvalue weighted by atomic mass is 19.1. The maximum absolute atomic E-state index is 13.7. The summed E-state index contributed by atoms with van der Waals surface area (Å²) in [5.41, 5.74) is 5.19. The molecule has 1 N–H and O–H groups in total. The smallest absolute Gasteiger partial charge is 0.165 e. The Hall–Kier alpha value is -3.18. The average molecular weight is 361 g/mol. The van der Waals surface area contributed by atoms with Crippen LogP contribution in [0.25, 0.3) is 16.7 Å². The Morgan fingerprint density at radius 3 is 2.48 bits per heavy atom. The van der Waals surface area contributed by atoms with Gasteiger partial charge in [0.05, 0.1) is 18.1 Å². The predicted molar refractivity (Wildman–Crippen MR) is 105 cm³/mol. The first-order chi connectivity index (χ1) is 13.2. The standard InChI is InChI=1S/C22H20FN3O/c1-27-22-11-8-17(12-19(22)23)14-24-13-16-6-9-18(10-7-16)26-15-25-20-4-2-3-5-21(20)26/h2-12,15,24H,13-14H2,1H3. The molecular formula is C22H20FN3O. The first-order valence-electron chi connectivity index (χ1n) is 8.79. The van der Waals surface area contributed by atoms with Crippen molar-refractivity contribution >= 4 is 11.0 Å². The largest absolute Gasteiger partial charge is 0.494 e. The molecule has 136 valence electrons. The highest BCUT2D eigenvalue weighted by molar-refractivity contribution is 5.77. The van der Waals surface area contributed by atoms with Crippen molar-refractivity contribution in [3.8, 4) is 11.4 Å². The van der Waals surface area contributed by atoms with E-state index in [1.165, 1.54) is 13.2 Å². The fourth-order valence-corrected chi connectivity index (χ4v) is 3.11. The monoisotopic (exact) mass is 361 g/mol. The number of para-hydroxylation sites is 2. The summed E-state index contributed by atoms with van der Waals surface area (Å²) in [5, 5.41) is 3.34. The van der Waals surface area contributed by atoms with Crippen LogP contribution in [-0.2, 0) is 13.1 Å². The molecule has 1 heterocycles. The lowest BCUT2D eigenvalue weighted by Crippen LogP contribution is -2.12. The summed E-state index contributed by atoms with van der Waals surface area (Å²) in [6, 6.07) is 21.4. The van der Waals surface area contributed by atoms with Gasteiger partial charge in [0.2, 0.25) is 0 Å². The van der Waals surface area contributed by atoms with Gasteiger partial charge in [-0.3, -0.25) is 4.57 Å². The van der Waals surface area contributed by atoms with Gasteiger partial charge in [-0.25, -0.2) is 9.37 Å². The third-order valence-corrected chi connectivity index (χ3v) is 4.54. The van der Waals surface area contributed by atoms with Crippen LogP contribution in [0.1, 0.15) is 11.1 Å². The Balaban J connectivity index is 1.40. The molecule has 0 saturated heterocycles. The van der Waals surface area contributed by atoms with Gasteiger partial charge in [0.1, 0.15) is 6.33 Å². The molecule has 5 heteroatoms. The molecule has 4 nitrogen and oxygen atoms in total. The van der Waals surface area contributed by atoms with E-state index < -0.39 is 0 Å². The van der Waals surface area contributed by atoms with E-state index in [-0.39, 0.29) is 11.6 Å². The summed E-state index contributed by atoms with van der Waals surface area (Å²) in [7, 11) is 1.46. The molecule has 0 aliphatic heterocycles. The number of ether oxygens (including phenoxy) is 1. The lowest BCUT2D eigenvalue weighted by Gasteiger charge is -2.09. The molecular weight excluding hydrogens is 341 g/mol. The maximum atomic E-state index is 13.7. The van der Waals surface area contributed by atoms with Gasteiger partial charge in [0, 0.05) is 18.8 Å². The minimum absolute atomic E-state index is 0.265. The fourth-order valence-electron chi connectivity index (χ4n) is 3.11. The zero-order valence-electron chi connectivity index (χ0n) is 15.0. The van der Waals surface area contributed by atoms with E-state index in [1.807, 2.05) is 30.6 Å². The topological polar surface area (TPSA) is 39.1 Å². The average Bonchev–Trinajstić information content (AvgIpc) is 3.13. The number of rotatable bonds is 6. The summed E-state index contributed by atoms with van der Waals surface area (Å²) in [6.45, 7) is 1.30. The van der Waals surface area contributed by atoms with Crippen molar-refractivity contribution in [2.45, 2.75) is 13.1 Å². The molecule has 4 aromatic rings. The molecule has 0 atom stereocenters. The molecule has 0 fully saturated rings. The van der Waals surface area contributed by atoms with E-state index >= 15 is 0 Å². The molecule has 4 rings (SSSR count). The quantitative estimate of drug-likeness (QED) is 0.551. The number of nitrogens with zero attached hydrogens (tertiary/aromatic N) is 2. The normalized spacial score (nSPS) is 11.0. The second-order valence-corrected chi connectivity index (χ2v) is 6.34. The number of hydrogen-bond donors (Lipinski definition) is 1. The second-order valence-electron chi connectivity index (χ2n) is 6.34. The summed E-state index contributed by atoms with van der Waals surface area (Å²) in [4.78, 5) is 4.43. The molecule has 0 amide bonds. The number of hydrogen-bond acceptors (Lipinski definition) is 3. The number of nitrogens with one attached hydrogen (secondary N) is 1. The van der Waals surface area contributed by atoms with Crippen LogP contribution in [-0.4, -0.2) is 16.7 Å². The van der Waals surface area contributed by atoms with Crippen LogP contribution < -0.4 is 10.1 Å². The van der Waals surface area contributed by atoms with Crippen molar-refractivity contribution in [1.82, 2.24) is 14.9 Å². The van der Waals surface area contributed by atoms with Crippen molar-refractivity contribution in [2.75, 3.05) is 7.11 Å². The minimum Gasteiger partial charge on any atom is -0.494 e. The van der Waals surface area contributed by atoms with Gasteiger partial charge in [-0.05, 0) is 47.5 Å². The lowest BCUT2D eigenvalue weighted by molar-refractivity contribution is 0.386. The molecule has 0 aliphatic rings. The van der Waals surface area contributed by atoms with Crippen LogP contribution in [0.3, 0.4) is 0 Å². The van der Waals surface area contributed by atoms with E-state index in [1.54, 1.807) is 6.07 Å². The van der Waals surface area contributed by atoms with Crippen LogP contribution in [0.2, 0.25) is 0 Å². The summed E-state index contributed by atoms with van der Waals surface area (Å²) >= 11 is 0. The van der Waals surface area contributed by atoms with Crippen molar-refractivity contribution in [1.29, 1.82) is 0 Å². The van der Waals surface area contributed by atoms with Crippen molar-refractivity contribution in [3.63, 3.8) is 0 Å². The SMILES string of the molecule is COc1ccc(CNCc2ccc(-n3cnc4ccccc43)cc2)cc1F. The third kappa shape index (κ3) is 3.68. The van der Waals surface area contributed by atoms with Gasteiger partial charge in [0.15, 0.2) is 11.6 Å². The van der Waals surface area contributed by atoms with E-state index in [0.29, 0.717) is 13.1 Å². The number of halogens is 1. The van der Waals surface area contributed by atoms with E-state index in [0.717, 1.165) is 27.8 Å². The highest BCUT2D eigenvalue weighted by Gasteiger charge is 2.05. The zero-order valence-corrected chi connectivity index (χ0v) is 15.0. The van der Waals surface area contributed by atoms with Crippen LogP contribution >= 0.6 is 0 Å². The Labute approximate surface area is 157 Å². The molecule has 27 heavy (non-hydrogen) atoms. The first kappa shape index (κ1) is 17.2. The van der Waals surface area contributed by atoms with Gasteiger partial charge >= 0.3 is 0 Å². The van der Waals surface area contributed by atoms with Gasteiger partial charge in [0.25, 0.3) is 0 Å².